The maximum atomic E-state index is 10.2. The van der Waals surface area contributed by atoms with Crippen LogP contribution in [0.5, 0.6) is 5.75 Å². The maximum absolute atomic E-state index is 10.2. The number of ether oxygens (including phenoxy) is 1. The van der Waals surface area contributed by atoms with Gasteiger partial charge in [0.2, 0.25) is 0 Å². The van der Waals surface area contributed by atoms with Crippen molar-refractivity contribution in [3.8, 4) is 5.75 Å². The molecule has 1 N–H and O–H groups in total. The molecule has 2 nitrogen and oxygen atoms in total. The largest absolute Gasteiger partial charge is 0.495 e. The first-order chi connectivity index (χ1) is 6.22. The summed E-state index contributed by atoms with van der Waals surface area (Å²) >= 11 is 1.59. The van der Waals surface area contributed by atoms with Crippen molar-refractivity contribution < 1.29 is 9.84 Å². The summed E-state index contributed by atoms with van der Waals surface area (Å²) in [6.07, 6.45) is 1.93. The van der Waals surface area contributed by atoms with E-state index in [0.29, 0.717) is 5.92 Å². The highest BCUT2D eigenvalue weighted by atomic mass is 32.1. The van der Waals surface area contributed by atoms with Gasteiger partial charge in [-0.3, -0.25) is 0 Å². The van der Waals surface area contributed by atoms with Crippen LogP contribution in [0.4, 0.5) is 0 Å². The monoisotopic (exact) mass is 198 g/mol. The molecule has 0 aliphatic heterocycles. The first-order valence-corrected chi connectivity index (χ1v) is 5.44. The normalized spacial score (nSPS) is 31.8. The third-order valence-electron chi connectivity index (χ3n) is 2.81. The average molecular weight is 198 g/mol. The Labute approximate surface area is 82.2 Å². The van der Waals surface area contributed by atoms with Crippen LogP contribution in [0, 0.1) is 5.92 Å². The van der Waals surface area contributed by atoms with Crippen molar-refractivity contribution in [1.29, 1.82) is 0 Å². The Morgan fingerprint density at radius 3 is 3.08 bits per heavy atom. The highest BCUT2D eigenvalue weighted by Crippen LogP contribution is 2.57. The van der Waals surface area contributed by atoms with Crippen LogP contribution in [0.25, 0.3) is 0 Å². The van der Waals surface area contributed by atoms with Crippen LogP contribution in [-0.2, 0) is 5.60 Å². The summed E-state index contributed by atoms with van der Waals surface area (Å²) in [5.74, 6) is 1.27. The van der Waals surface area contributed by atoms with Gasteiger partial charge in [0, 0.05) is 0 Å². The predicted octanol–water partition coefficient (Wildman–Crippen LogP) is 2.37. The van der Waals surface area contributed by atoms with E-state index in [4.69, 9.17) is 4.74 Å². The summed E-state index contributed by atoms with van der Waals surface area (Å²) in [6.45, 7) is 2.11. The lowest BCUT2D eigenvalue weighted by molar-refractivity contribution is 0.131. The fourth-order valence-corrected chi connectivity index (χ4v) is 2.90. The molecular formula is C10H14O2S. The van der Waals surface area contributed by atoms with Gasteiger partial charge in [-0.05, 0) is 23.8 Å². The second-order valence-electron chi connectivity index (χ2n) is 3.55. The molecule has 3 heteroatoms. The first-order valence-electron chi connectivity index (χ1n) is 4.56. The van der Waals surface area contributed by atoms with Crippen LogP contribution in [0.1, 0.15) is 24.6 Å². The van der Waals surface area contributed by atoms with Crippen molar-refractivity contribution in [2.75, 3.05) is 7.11 Å². The molecule has 1 saturated carbocycles. The third-order valence-corrected chi connectivity index (χ3v) is 3.87. The Kier molecular flexibility index (Phi) is 2.08. The maximum Gasteiger partial charge on any atom is 0.135 e. The second kappa shape index (κ2) is 3.00. The lowest BCUT2D eigenvalue weighted by Crippen LogP contribution is -2.07. The van der Waals surface area contributed by atoms with Crippen LogP contribution < -0.4 is 4.74 Å². The zero-order valence-corrected chi connectivity index (χ0v) is 8.73. The molecule has 0 radical (unpaired) electrons. The van der Waals surface area contributed by atoms with E-state index < -0.39 is 5.60 Å². The van der Waals surface area contributed by atoms with Gasteiger partial charge in [-0.1, -0.05) is 13.3 Å². The molecule has 2 unspecified atom stereocenters. The van der Waals surface area contributed by atoms with Crippen LogP contribution in [0.2, 0.25) is 0 Å². The molecule has 2 rings (SSSR count). The quantitative estimate of drug-likeness (QED) is 0.808. The van der Waals surface area contributed by atoms with Gasteiger partial charge in [0.25, 0.3) is 0 Å². The molecule has 0 spiro atoms. The van der Waals surface area contributed by atoms with Gasteiger partial charge >= 0.3 is 0 Å². The first kappa shape index (κ1) is 9.03. The standard InChI is InChI=1S/C10H14O2S/c1-3-7-6-10(7,11)9-8(12-2)4-5-13-9/h4-5,7,11H,3,6H2,1-2H3. The molecule has 1 aromatic rings. The zero-order chi connectivity index (χ0) is 9.47. The van der Waals surface area contributed by atoms with Crippen LogP contribution in [0.3, 0.4) is 0 Å². The van der Waals surface area contributed by atoms with Gasteiger partial charge in [0.1, 0.15) is 11.4 Å². The molecule has 2 atom stereocenters. The van der Waals surface area contributed by atoms with E-state index in [9.17, 15) is 5.11 Å². The molecule has 1 heterocycles. The Bertz CT molecular complexity index is 308. The molecule has 1 aliphatic carbocycles. The summed E-state index contributed by atoms with van der Waals surface area (Å²) in [5.41, 5.74) is -0.575. The number of rotatable bonds is 3. The van der Waals surface area contributed by atoms with Crippen LogP contribution in [-0.4, -0.2) is 12.2 Å². The van der Waals surface area contributed by atoms with E-state index in [2.05, 4.69) is 6.92 Å². The Morgan fingerprint density at radius 2 is 2.54 bits per heavy atom. The van der Waals surface area contributed by atoms with Gasteiger partial charge in [0.15, 0.2) is 0 Å². The SMILES string of the molecule is CCC1CC1(O)c1sccc1OC. The number of hydrogen-bond acceptors (Lipinski definition) is 3. The van der Waals surface area contributed by atoms with Crippen molar-refractivity contribution in [2.45, 2.75) is 25.4 Å². The minimum atomic E-state index is -0.575. The number of methoxy groups -OCH3 is 1. The molecule has 0 saturated heterocycles. The van der Waals surface area contributed by atoms with Crippen molar-refractivity contribution >= 4 is 11.3 Å². The highest BCUT2D eigenvalue weighted by molar-refractivity contribution is 7.10. The molecule has 1 fully saturated rings. The minimum absolute atomic E-state index is 0.431. The van der Waals surface area contributed by atoms with E-state index in [-0.39, 0.29) is 0 Å². The molecule has 1 aliphatic rings. The second-order valence-corrected chi connectivity index (χ2v) is 4.47. The van der Waals surface area contributed by atoms with Crippen LogP contribution >= 0.6 is 11.3 Å². The topological polar surface area (TPSA) is 29.5 Å². The third kappa shape index (κ3) is 1.27. The lowest BCUT2D eigenvalue weighted by atomic mass is 10.2. The summed E-state index contributed by atoms with van der Waals surface area (Å²) in [4.78, 5) is 1.00. The number of hydrogen-bond donors (Lipinski definition) is 1. The summed E-state index contributed by atoms with van der Waals surface area (Å²) in [6, 6.07) is 1.92. The molecule has 0 bridgehead atoms. The average Bonchev–Trinajstić information content (AvgIpc) is 2.64. The highest BCUT2D eigenvalue weighted by Gasteiger charge is 2.55. The molecule has 0 amide bonds. The Morgan fingerprint density at radius 1 is 1.77 bits per heavy atom. The smallest absolute Gasteiger partial charge is 0.135 e. The fourth-order valence-electron chi connectivity index (χ4n) is 1.85. The fraction of sp³-hybridized carbons (Fsp3) is 0.600. The minimum Gasteiger partial charge on any atom is -0.495 e. The predicted molar refractivity (Wildman–Crippen MR) is 53.2 cm³/mol. The molecule has 72 valence electrons. The van der Waals surface area contributed by atoms with Crippen molar-refractivity contribution in [3.63, 3.8) is 0 Å². The Balaban J connectivity index is 2.26. The van der Waals surface area contributed by atoms with E-state index in [0.717, 1.165) is 23.5 Å². The van der Waals surface area contributed by atoms with E-state index in [1.807, 2.05) is 11.4 Å². The van der Waals surface area contributed by atoms with Gasteiger partial charge in [-0.2, -0.15) is 0 Å². The number of aliphatic hydroxyl groups is 1. The summed E-state index contributed by atoms with van der Waals surface area (Å²) in [7, 11) is 1.65. The van der Waals surface area contributed by atoms with Crippen molar-refractivity contribution in [1.82, 2.24) is 0 Å². The van der Waals surface area contributed by atoms with Crippen LogP contribution in [0.15, 0.2) is 11.4 Å². The van der Waals surface area contributed by atoms with Crippen molar-refractivity contribution in [2.24, 2.45) is 5.92 Å². The number of thiophene rings is 1. The van der Waals surface area contributed by atoms with E-state index >= 15 is 0 Å². The molecule has 0 aromatic carbocycles. The Hall–Kier alpha value is -0.540. The van der Waals surface area contributed by atoms with E-state index in [1.54, 1.807) is 18.4 Å². The molecule has 13 heavy (non-hydrogen) atoms. The van der Waals surface area contributed by atoms with Crippen molar-refractivity contribution in [3.05, 3.63) is 16.3 Å². The van der Waals surface area contributed by atoms with E-state index in [1.165, 1.54) is 0 Å². The molecular weight excluding hydrogens is 184 g/mol. The molecule has 1 aromatic heterocycles. The summed E-state index contributed by atoms with van der Waals surface area (Å²) in [5, 5.41) is 12.2. The zero-order valence-electron chi connectivity index (χ0n) is 7.91. The van der Waals surface area contributed by atoms with Gasteiger partial charge in [-0.15, -0.1) is 11.3 Å². The lowest BCUT2D eigenvalue weighted by Gasteiger charge is -2.09. The van der Waals surface area contributed by atoms with Gasteiger partial charge in [-0.25, -0.2) is 0 Å². The van der Waals surface area contributed by atoms with Gasteiger partial charge in [0.05, 0.1) is 12.0 Å². The van der Waals surface area contributed by atoms with Gasteiger partial charge < -0.3 is 9.84 Å². The summed E-state index contributed by atoms with van der Waals surface area (Å²) < 4.78 is 5.20.